The first-order chi connectivity index (χ1) is 18.8. The smallest absolute Gasteiger partial charge is 0.309 e. The number of carbonyl (C=O) groups is 2. The van der Waals surface area contributed by atoms with Gasteiger partial charge < -0.3 is 10.1 Å². The number of anilines is 1. The molecule has 1 spiro atoms. The Kier molecular flexibility index (Phi) is 6.23. The standard InChI is InChI=1S/C30H32Cl2FN3O3/c1-2-39-28(37)20-12-17(20)15-35-11-10-24-27(35)25(19-4-3-5-22(32)26(19)33)30(36(24)14-16-6-7-16)21-9-8-18(31)13-23(21)34-29(30)38/h3-5,8-9,13,16-17,20,24-25,27H,2,6-7,10-12,14-15H2,1H3,(H,34,38)/t17?,20?,24-,25-,27+,30+/m0/s1. The van der Waals surface area contributed by atoms with Crippen LogP contribution in [0.25, 0.3) is 0 Å². The molecule has 0 aromatic heterocycles. The van der Waals surface area contributed by atoms with Gasteiger partial charge in [0.25, 0.3) is 0 Å². The molecule has 6 atom stereocenters. The van der Waals surface area contributed by atoms with Crippen molar-refractivity contribution >= 4 is 40.8 Å². The molecule has 2 saturated carbocycles. The molecule has 2 aliphatic carbocycles. The summed E-state index contributed by atoms with van der Waals surface area (Å²) in [6.07, 6.45) is 3.97. The number of benzene rings is 2. The summed E-state index contributed by atoms with van der Waals surface area (Å²) in [5.74, 6) is -0.547. The lowest BCUT2D eigenvalue weighted by Crippen LogP contribution is -2.53. The zero-order valence-electron chi connectivity index (χ0n) is 21.8. The fourth-order valence-corrected chi connectivity index (χ4v) is 8.09. The Balaban J connectivity index is 1.36. The van der Waals surface area contributed by atoms with Gasteiger partial charge in [-0.05, 0) is 68.2 Å². The Morgan fingerprint density at radius 3 is 2.77 bits per heavy atom. The molecule has 9 heteroatoms. The van der Waals surface area contributed by atoms with E-state index in [9.17, 15) is 9.59 Å². The van der Waals surface area contributed by atoms with E-state index in [1.54, 1.807) is 24.3 Å². The van der Waals surface area contributed by atoms with E-state index in [0.29, 0.717) is 28.8 Å². The zero-order chi connectivity index (χ0) is 27.1. The summed E-state index contributed by atoms with van der Waals surface area (Å²) < 4.78 is 21.3. The first kappa shape index (κ1) is 25.8. The van der Waals surface area contributed by atoms with Crippen LogP contribution in [0.3, 0.4) is 0 Å². The minimum Gasteiger partial charge on any atom is -0.466 e. The van der Waals surface area contributed by atoms with Gasteiger partial charge in [0, 0.05) is 53.9 Å². The molecule has 5 aliphatic rings. The summed E-state index contributed by atoms with van der Waals surface area (Å²) >= 11 is 12.7. The predicted octanol–water partition coefficient (Wildman–Crippen LogP) is 5.43. The quantitative estimate of drug-likeness (QED) is 0.449. The van der Waals surface area contributed by atoms with Crippen LogP contribution in [0, 0.1) is 23.6 Å². The van der Waals surface area contributed by atoms with Gasteiger partial charge in [0.05, 0.1) is 17.5 Å². The van der Waals surface area contributed by atoms with Crippen LogP contribution in [0.2, 0.25) is 10.0 Å². The molecule has 39 heavy (non-hydrogen) atoms. The molecule has 1 amide bonds. The highest BCUT2D eigenvalue weighted by Gasteiger charge is 2.70. The molecule has 206 valence electrons. The van der Waals surface area contributed by atoms with Gasteiger partial charge in [-0.15, -0.1) is 0 Å². The number of hydrogen-bond donors (Lipinski definition) is 1. The fourth-order valence-electron chi connectivity index (χ4n) is 7.74. The number of amides is 1. The van der Waals surface area contributed by atoms with E-state index in [2.05, 4.69) is 15.1 Å². The van der Waals surface area contributed by atoms with Gasteiger partial charge in [0.1, 0.15) is 11.4 Å². The highest BCUT2D eigenvalue weighted by molar-refractivity contribution is 6.31. The van der Waals surface area contributed by atoms with Crippen molar-refractivity contribution in [1.29, 1.82) is 0 Å². The van der Waals surface area contributed by atoms with Crippen molar-refractivity contribution in [3.05, 3.63) is 63.4 Å². The van der Waals surface area contributed by atoms with E-state index in [4.69, 9.17) is 27.9 Å². The molecule has 4 fully saturated rings. The molecule has 7 rings (SSSR count). The Labute approximate surface area is 237 Å². The first-order valence-electron chi connectivity index (χ1n) is 14.1. The maximum atomic E-state index is 16.0. The average molecular weight is 573 g/mol. The number of ether oxygens (including phenoxy) is 1. The second-order valence-electron chi connectivity index (χ2n) is 11.8. The zero-order valence-corrected chi connectivity index (χ0v) is 23.3. The largest absolute Gasteiger partial charge is 0.466 e. The Morgan fingerprint density at radius 1 is 1.18 bits per heavy atom. The molecule has 3 heterocycles. The van der Waals surface area contributed by atoms with Crippen molar-refractivity contribution in [3.8, 4) is 0 Å². The number of rotatable bonds is 7. The molecule has 0 bridgehead atoms. The lowest BCUT2D eigenvalue weighted by Gasteiger charge is -2.41. The Hall–Kier alpha value is -2.19. The topological polar surface area (TPSA) is 61.9 Å². The van der Waals surface area contributed by atoms with Gasteiger partial charge in [-0.3, -0.25) is 19.4 Å². The number of nitrogens with zero attached hydrogens (tertiary/aromatic N) is 2. The summed E-state index contributed by atoms with van der Waals surface area (Å²) in [7, 11) is 0. The molecule has 6 nitrogen and oxygen atoms in total. The lowest BCUT2D eigenvalue weighted by molar-refractivity contribution is -0.145. The minimum absolute atomic E-state index is 0.0590. The number of esters is 1. The van der Waals surface area contributed by atoms with Crippen molar-refractivity contribution in [1.82, 2.24) is 9.80 Å². The van der Waals surface area contributed by atoms with Gasteiger partial charge in [0.15, 0.2) is 0 Å². The van der Waals surface area contributed by atoms with E-state index >= 15 is 4.39 Å². The third-order valence-electron chi connectivity index (χ3n) is 9.61. The second kappa shape index (κ2) is 9.44. The van der Waals surface area contributed by atoms with E-state index < -0.39 is 17.3 Å². The summed E-state index contributed by atoms with van der Waals surface area (Å²) in [6.45, 7) is 4.56. The van der Waals surface area contributed by atoms with Crippen molar-refractivity contribution in [2.75, 3.05) is 31.6 Å². The van der Waals surface area contributed by atoms with Gasteiger partial charge in [-0.2, -0.15) is 0 Å². The number of halogens is 3. The van der Waals surface area contributed by atoms with Gasteiger partial charge >= 0.3 is 5.97 Å². The number of carbonyl (C=O) groups excluding carboxylic acids is 2. The van der Waals surface area contributed by atoms with Gasteiger partial charge in [-0.25, -0.2) is 4.39 Å². The van der Waals surface area contributed by atoms with Crippen LogP contribution in [0.15, 0.2) is 36.4 Å². The summed E-state index contributed by atoms with van der Waals surface area (Å²) in [5, 5.41) is 3.73. The summed E-state index contributed by atoms with van der Waals surface area (Å²) in [4.78, 5) is 31.5. The van der Waals surface area contributed by atoms with E-state index in [1.165, 1.54) is 0 Å². The molecular weight excluding hydrogens is 540 g/mol. The molecule has 2 aromatic carbocycles. The van der Waals surface area contributed by atoms with Crippen LogP contribution in [-0.2, 0) is 19.9 Å². The third kappa shape index (κ3) is 3.95. The maximum absolute atomic E-state index is 16.0. The van der Waals surface area contributed by atoms with E-state index in [-0.39, 0.29) is 40.8 Å². The number of likely N-dealkylation sites (tertiary alicyclic amines) is 2. The van der Waals surface area contributed by atoms with Crippen LogP contribution in [0.5, 0.6) is 0 Å². The Morgan fingerprint density at radius 2 is 2.00 bits per heavy atom. The molecule has 3 aliphatic heterocycles. The van der Waals surface area contributed by atoms with Crippen molar-refractivity contribution in [2.24, 2.45) is 17.8 Å². The minimum atomic E-state index is -1.08. The monoisotopic (exact) mass is 571 g/mol. The van der Waals surface area contributed by atoms with Crippen LogP contribution in [0.1, 0.15) is 49.7 Å². The molecule has 0 radical (unpaired) electrons. The maximum Gasteiger partial charge on any atom is 0.309 e. The molecular formula is C30H32Cl2FN3O3. The Bertz CT molecular complexity index is 1350. The van der Waals surface area contributed by atoms with Crippen LogP contribution < -0.4 is 5.32 Å². The average Bonchev–Trinajstić information content (AvgIpc) is 3.79. The molecule has 1 N–H and O–H groups in total. The summed E-state index contributed by atoms with van der Waals surface area (Å²) in [5.41, 5.74) is 0.939. The molecule has 2 unspecified atom stereocenters. The normalized spacial score (nSPS) is 33.3. The lowest BCUT2D eigenvalue weighted by atomic mass is 9.73. The van der Waals surface area contributed by atoms with Gasteiger partial charge in [-0.1, -0.05) is 41.4 Å². The van der Waals surface area contributed by atoms with E-state index in [0.717, 1.165) is 50.9 Å². The molecule has 2 saturated heterocycles. The fraction of sp³-hybridized carbons (Fsp3) is 0.533. The summed E-state index contributed by atoms with van der Waals surface area (Å²) in [6, 6.07) is 10.7. The SMILES string of the molecule is CCOC(=O)C1CC1CN1CC[C@H]2[C@@H]1[C@H](c1cccc(Cl)c1F)[C@]1(C(=O)Nc3cc(Cl)ccc31)N2CC1CC1. The van der Waals surface area contributed by atoms with E-state index in [1.807, 2.05) is 19.1 Å². The van der Waals surface area contributed by atoms with Crippen molar-refractivity contribution in [2.45, 2.75) is 56.1 Å². The van der Waals surface area contributed by atoms with Crippen LogP contribution >= 0.6 is 23.2 Å². The second-order valence-corrected chi connectivity index (χ2v) is 12.7. The highest BCUT2D eigenvalue weighted by atomic mass is 35.5. The predicted molar refractivity (Wildman–Crippen MR) is 147 cm³/mol. The van der Waals surface area contributed by atoms with Crippen molar-refractivity contribution in [3.63, 3.8) is 0 Å². The van der Waals surface area contributed by atoms with Gasteiger partial charge in [0.2, 0.25) is 5.91 Å². The van der Waals surface area contributed by atoms with Crippen LogP contribution in [0.4, 0.5) is 10.1 Å². The van der Waals surface area contributed by atoms with Crippen LogP contribution in [-0.4, -0.2) is 60.0 Å². The highest BCUT2D eigenvalue weighted by Crippen LogP contribution is 2.61. The number of hydrogen-bond acceptors (Lipinski definition) is 5. The first-order valence-corrected chi connectivity index (χ1v) is 14.8. The third-order valence-corrected chi connectivity index (χ3v) is 10.1. The number of fused-ring (bicyclic) bond motifs is 3. The molecule has 2 aromatic rings. The van der Waals surface area contributed by atoms with Crippen molar-refractivity contribution < 1.29 is 18.7 Å². The number of nitrogens with one attached hydrogen (secondary N) is 1.